The number of hydrogen-bond donors (Lipinski definition) is 3. The molecule has 1 aliphatic carbocycles. The number of nitrogens with zero attached hydrogens (tertiary/aromatic N) is 1. The summed E-state index contributed by atoms with van der Waals surface area (Å²) in [5, 5.41) is 17.5. The van der Waals surface area contributed by atoms with E-state index in [2.05, 4.69) is 15.6 Å². The maximum atomic E-state index is 11.6. The van der Waals surface area contributed by atoms with Crippen LogP contribution in [-0.4, -0.2) is 35.2 Å². The second kappa shape index (κ2) is 6.21. The summed E-state index contributed by atoms with van der Waals surface area (Å²) in [6.45, 7) is 2.64. The minimum Gasteiger partial charge on any atom is -0.481 e. The van der Waals surface area contributed by atoms with E-state index in [-0.39, 0.29) is 12.6 Å². The Morgan fingerprint density at radius 1 is 1.45 bits per heavy atom. The Morgan fingerprint density at radius 3 is 2.70 bits per heavy atom. The smallest absolute Gasteiger partial charge is 0.314 e. The van der Waals surface area contributed by atoms with Gasteiger partial charge in [-0.05, 0) is 19.8 Å². The second-order valence-electron chi connectivity index (χ2n) is 5.16. The first-order chi connectivity index (χ1) is 9.52. The fourth-order valence-corrected chi connectivity index (χ4v) is 2.86. The maximum Gasteiger partial charge on any atom is 0.314 e. The lowest BCUT2D eigenvalue weighted by molar-refractivity contribution is -0.153. The highest BCUT2D eigenvalue weighted by atomic mass is 32.1. The quantitative estimate of drug-likeness (QED) is 0.743. The van der Waals surface area contributed by atoms with Crippen molar-refractivity contribution in [3.63, 3.8) is 0 Å². The van der Waals surface area contributed by atoms with Crippen LogP contribution in [-0.2, 0) is 11.2 Å². The number of aryl methyl sites for hydroxylation is 1. The summed E-state index contributed by atoms with van der Waals surface area (Å²) in [5.74, 6) is -0.818. The van der Waals surface area contributed by atoms with Crippen molar-refractivity contribution in [2.24, 2.45) is 5.41 Å². The molecule has 3 N–H and O–H groups in total. The number of urea groups is 1. The number of carbonyl (C=O) groups excluding carboxylic acids is 1. The number of aromatic nitrogens is 1. The minimum absolute atomic E-state index is 0.198. The Morgan fingerprint density at radius 2 is 2.20 bits per heavy atom. The Labute approximate surface area is 121 Å². The SMILES string of the molecule is Cc1nc(CCNC(=O)NCC2(C(=O)O)CCC2)cs1. The lowest BCUT2D eigenvalue weighted by atomic mass is 9.69. The van der Waals surface area contributed by atoms with E-state index in [0.29, 0.717) is 25.8 Å². The Bertz CT molecular complexity index is 497. The molecule has 6 nitrogen and oxygen atoms in total. The molecular weight excluding hydrogens is 278 g/mol. The molecule has 7 heteroatoms. The largest absolute Gasteiger partial charge is 0.481 e. The van der Waals surface area contributed by atoms with Crippen LogP contribution in [0.25, 0.3) is 0 Å². The van der Waals surface area contributed by atoms with Crippen molar-refractivity contribution < 1.29 is 14.7 Å². The average molecular weight is 297 g/mol. The van der Waals surface area contributed by atoms with Gasteiger partial charge in [-0.2, -0.15) is 0 Å². The van der Waals surface area contributed by atoms with E-state index in [1.54, 1.807) is 11.3 Å². The number of thiazole rings is 1. The maximum absolute atomic E-state index is 11.6. The highest BCUT2D eigenvalue weighted by Gasteiger charge is 2.44. The molecule has 0 bridgehead atoms. The van der Waals surface area contributed by atoms with Gasteiger partial charge in [-0.3, -0.25) is 4.79 Å². The second-order valence-corrected chi connectivity index (χ2v) is 6.22. The van der Waals surface area contributed by atoms with Crippen molar-refractivity contribution in [1.82, 2.24) is 15.6 Å². The van der Waals surface area contributed by atoms with Gasteiger partial charge in [-0.1, -0.05) is 6.42 Å². The number of rotatable bonds is 6. The predicted octanol–water partition coefficient (Wildman–Crippen LogP) is 1.55. The Kier molecular flexibility index (Phi) is 4.59. The standard InChI is InChI=1S/C13H19N3O3S/c1-9-16-10(7-20-9)3-6-14-12(19)15-8-13(11(17)18)4-2-5-13/h7H,2-6,8H2,1H3,(H,17,18)(H2,14,15,19). The third-order valence-corrected chi connectivity index (χ3v) is 4.51. The fraction of sp³-hybridized carbons (Fsp3) is 0.615. The third-order valence-electron chi connectivity index (χ3n) is 3.68. The molecule has 1 saturated carbocycles. The molecule has 0 aliphatic heterocycles. The number of hydrogen-bond acceptors (Lipinski definition) is 4. The van der Waals surface area contributed by atoms with Crippen LogP contribution < -0.4 is 10.6 Å². The number of carboxylic acid groups (broad SMARTS) is 1. The number of nitrogens with one attached hydrogen (secondary N) is 2. The van der Waals surface area contributed by atoms with E-state index < -0.39 is 11.4 Å². The molecule has 1 aliphatic rings. The van der Waals surface area contributed by atoms with Crippen LogP contribution in [0.3, 0.4) is 0 Å². The van der Waals surface area contributed by atoms with Crippen molar-refractivity contribution in [2.75, 3.05) is 13.1 Å². The van der Waals surface area contributed by atoms with Crippen LogP contribution in [0.4, 0.5) is 4.79 Å². The summed E-state index contributed by atoms with van der Waals surface area (Å²) >= 11 is 1.59. The van der Waals surface area contributed by atoms with Gasteiger partial charge in [0.1, 0.15) is 0 Å². The molecule has 0 atom stereocenters. The van der Waals surface area contributed by atoms with Crippen molar-refractivity contribution in [2.45, 2.75) is 32.6 Å². The van der Waals surface area contributed by atoms with Crippen molar-refractivity contribution in [3.8, 4) is 0 Å². The molecule has 20 heavy (non-hydrogen) atoms. The van der Waals surface area contributed by atoms with Crippen LogP contribution in [0, 0.1) is 12.3 Å². The van der Waals surface area contributed by atoms with Gasteiger partial charge in [-0.25, -0.2) is 9.78 Å². The zero-order chi connectivity index (χ0) is 14.6. The van der Waals surface area contributed by atoms with Crippen LogP contribution in [0.5, 0.6) is 0 Å². The summed E-state index contributed by atoms with van der Waals surface area (Å²) < 4.78 is 0. The topological polar surface area (TPSA) is 91.3 Å². The van der Waals surface area contributed by atoms with Crippen LogP contribution in [0.15, 0.2) is 5.38 Å². The molecule has 2 rings (SSSR count). The van der Waals surface area contributed by atoms with Gasteiger partial charge in [0.25, 0.3) is 0 Å². The van der Waals surface area contributed by atoms with E-state index in [4.69, 9.17) is 5.11 Å². The van der Waals surface area contributed by atoms with Crippen molar-refractivity contribution in [1.29, 1.82) is 0 Å². The molecular formula is C13H19N3O3S. The van der Waals surface area contributed by atoms with E-state index in [9.17, 15) is 9.59 Å². The van der Waals surface area contributed by atoms with Gasteiger partial charge in [0.05, 0.1) is 16.1 Å². The first kappa shape index (κ1) is 14.8. The van der Waals surface area contributed by atoms with E-state index in [0.717, 1.165) is 17.1 Å². The van der Waals surface area contributed by atoms with Crippen molar-refractivity contribution in [3.05, 3.63) is 16.1 Å². The fourth-order valence-electron chi connectivity index (χ4n) is 2.21. The molecule has 1 heterocycles. The molecule has 0 unspecified atom stereocenters. The highest BCUT2D eigenvalue weighted by molar-refractivity contribution is 7.09. The highest BCUT2D eigenvalue weighted by Crippen LogP contribution is 2.40. The molecule has 2 amide bonds. The Balaban J connectivity index is 1.67. The summed E-state index contributed by atoms with van der Waals surface area (Å²) in [5.41, 5.74) is 0.220. The summed E-state index contributed by atoms with van der Waals surface area (Å²) in [6, 6.07) is -0.315. The monoisotopic (exact) mass is 297 g/mol. The van der Waals surface area contributed by atoms with Gasteiger partial charge < -0.3 is 15.7 Å². The zero-order valence-electron chi connectivity index (χ0n) is 11.4. The molecule has 0 aromatic carbocycles. The summed E-state index contributed by atoms with van der Waals surface area (Å²) in [7, 11) is 0. The minimum atomic E-state index is -0.818. The van der Waals surface area contributed by atoms with E-state index in [1.165, 1.54) is 0 Å². The average Bonchev–Trinajstić information content (AvgIpc) is 2.73. The van der Waals surface area contributed by atoms with Gasteiger partial charge in [-0.15, -0.1) is 11.3 Å². The predicted molar refractivity (Wildman–Crippen MR) is 75.9 cm³/mol. The van der Waals surface area contributed by atoms with Gasteiger partial charge in [0.2, 0.25) is 0 Å². The zero-order valence-corrected chi connectivity index (χ0v) is 12.3. The number of carboxylic acids is 1. The van der Waals surface area contributed by atoms with Crippen LogP contribution in [0.2, 0.25) is 0 Å². The lowest BCUT2D eigenvalue weighted by Gasteiger charge is -2.37. The normalized spacial score (nSPS) is 16.2. The summed E-state index contributed by atoms with van der Waals surface area (Å²) in [4.78, 5) is 27.1. The van der Waals surface area contributed by atoms with Gasteiger partial charge in [0, 0.05) is 24.9 Å². The third kappa shape index (κ3) is 3.47. The molecule has 1 fully saturated rings. The van der Waals surface area contributed by atoms with E-state index >= 15 is 0 Å². The molecule has 1 aromatic rings. The molecule has 0 radical (unpaired) electrons. The van der Waals surface area contributed by atoms with Crippen LogP contribution >= 0.6 is 11.3 Å². The Hall–Kier alpha value is -1.63. The molecule has 1 aromatic heterocycles. The van der Waals surface area contributed by atoms with Gasteiger partial charge >= 0.3 is 12.0 Å². The number of amides is 2. The van der Waals surface area contributed by atoms with Crippen LogP contribution in [0.1, 0.15) is 30.0 Å². The molecule has 0 spiro atoms. The first-order valence-electron chi connectivity index (χ1n) is 6.68. The van der Waals surface area contributed by atoms with Gasteiger partial charge in [0.15, 0.2) is 0 Å². The number of aliphatic carboxylic acids is 1. The van der Waals surface area contributed by atoms with E-state index in [1.807, 2.05) is 12.3 Å². The lowest BCUT2D eigenvalue weighted by Crippen LogP contribution is -2.49. The summed E-state index contributed by atoms with van der Waals surface area (Å²) in [6.07, 6.45) is 2.88. The molecule has 110 valence electrons. The first-order valence-corrected chi connectivity index (χ1v) is 7.56. The van der Waals surface area contributed by atoms with Crippen molar-refractivity contribution >= 4 is 23.3 Å². The molecule has 0 saturated heterocycles. The number of carbonyl (C=O) groups is 2.